The number of sulfonamides is 1. The minimum absolute atomic E-state index is 0.0496. The molecule has 0 bridgehead atoms. The van der Waals surface area contributed by atoms with Crippen molar-refractivity contribution in [2.24, 2.45) is 0 Å². The van der Waals surface area contributed by atoms with E-state index < -0.39 is 16.1 Å². The molecule has 27 heavy (non-hydrogen) atoms. The molecule has 3 rings (SSSR count). The van der Waals surface area contributed by atoms with Crippen molar-refractivity contribution >= 4 is 32.6 Å². The minimum atomic E-state index is -3.71. The zero-order chi connectivity index (χ0) is 19.4. The smallest absolute Gasteiger partial charge is 0.240 e. The zero-order valence-electron chi connectivity index (χ0n) is 14.7. The summed E-state index contributed by atoms with van der Waals surface area (Å²) < 4.78 is 32.7. The fraction of sp³-hybridized carbons (Fsp3) is 0.211. The Bertz CT molecular complexity index is 1010. The number of furan rings is 1. The molecule has 0 spiro atoms. The lowest BCUT2D eigenvalue weighted by molar-refractivity contribution is -0.114. The quantitative estimate of drug-likeness (QED) is 0.577. The van der Waals surface area contributed by atoms with Crippen molar-refractivity contribution < 1.29 is 22.7 Å². The van der Waals surface area contributed by atoms with Crippen molar-refractivity contribution in [3.05, 3.63) is 60.4 Å². The number of benzene rings is 2. The zero-order valence-corrected chi connectivity index (χ0v) is 15.5. The number of rotatable bonds is 7. The molecule has 0 saturated carbocycles. The lowest BCUT2D eigenvalue weighted by Gasteiger charge is -2.10. The van der Waals surface area contributed by atoms with Gasteiger partial charge in [-0.05, 0) is 42.8 Å². The van der Waals surface area contributed by atoms with Crippen LogP contribution in [0.25, 0.3) is 11.0 Å². The Morgan fingerprint density at radius 2 is 1.85 bits per heavy atom. The van der Waals surface area contributed by atoms with Crippen molar-refractivity contribution in [3.63, 3.8) is 0 Å². The summed E-state index contributed by atoms with van der Waals surface area (Å²) in [6.45, 7) is 1.42. The van der Waals surface area contributed by atoms with E-state index in [1.54, 1.807) is 12.1 Å². The number of nitrogens with one attached hydrogen (secondary N) is 2. The van der Waals surface area contributed by atoms with Crippen LogP contribution < -0.4 is 10.0 Å². The molecule has 1 amide bonds. The summed E-state index contributed by atoms with van der Waals surface area (Å²) in [5.41, 5.74) is 1.19. The SMILES string of the molecule is CC(=O)Nc1ccc(S(=O)(=O)NCC[C@@H](O)c2cc3ccccc3o2)cc1. The molecular formula is C19H20N2O5S. The fourth-order valence-electron chi connectivity index (χ4n) is 2.64. The van der Waals surface area contributed by atoms with E-state index in [1.165, 1.54) is 31.2 Å². The number of hydrogen-bond donors (Lipinski definition) is 3. The van der Waals surface area contributed by atoms with Crippen molar-refractivity contribution in [2.45, 2.75) is 24.3 Å². The number of hydrogen-bond acceptors (Lipinski definition) is 5. The van der Waals surface area contributed by atoms with E-state index in [0.29, 0.717) is 17.0 Å². The number of aliphatic hydroxyl groups excluding tert-OH is 1. The van der Waals surface area contributed by atoms with Crippen LogP contribution in [0.5, 0.6) is 0 Å². The van der Waals surface area contributed by atoms with E-state index >= 15 is 0 Å². The van der Waals surface area contributed by atoms with Crippen LogP contribution >= 0.6 is 0 Å². The maximum Gasteiger partial charge on any atom is 0.240 e. The number of fused-ring (bicyclic) bond motifs is 1. The number of para-hydroxylation sites is 1. The Morgan fingerprint density at radius 1 is 1.15 bits per heavy atom. The van der Waals surface area contributed by atoms with Gasteiger partial charge in [-0.3, -0.25) is 4.79 Å². The summed E-state index contributed by atoms with van der Waals surface area (Å²) in [5, 5.41) is 13.7. The second kappa shape index (κ2) is 7.91. The van der Waals surface area contributed by atoms with Gasteiger partial charge in [-0.1, -0.05) is 18.2 Å². The fourth-order valence-corrected chi connectivity index (χ4v) is 3.69. The highest BCUT2D eigenvalue weighted by Crippen LogP contribution is 2.25. The molecule has 0 unspecified atom stereocenters. The highest BCUT2D eigenvalue weighted by molar-refractivity contribution is 7.89. The topological polar surface area (TPSA) is 109 Å². The molecule has 0 saturated heterocycles. The molecule has 2 aromatic carbocycles. The third-order valence-corrected chi connectivity index (χ3v) is 5.44. The van der Waals surface area contributed by atoms with Gasteiger partial charge in [0.05, 0.1) is 4.90 Å². The Balaban J connectivity index is 1.59. The highest BCUT2D eigenvalue weighted by Gasteiger charge is 2.17. The lowest BCUT2D eigenvalue weighted by Crippen LogP contribution is -2.26. The Labute approximate surface area is 157 Å². The molecule has 142 valence electrons. The molecule has 0 aliphatic rings. The maximum atomic E-state index is 12.3. The van der Waals surface area contributed by atoms with Crippen molar-refractivity contribution in [1.82, 2.24) is 4.72 Å². The number of carbonyl (C=O) groups excluding carboxylic acids is 1. The van der Waals surface area contributed by atoms with Crippen LogP contribution in [0.15, 0.2) is 63.9 Å². The highest BCUT2D eigenvalue weighted by atomic mass is 32.2. The molecule has 7 nitrogen and oxygen atoms in total. The summed E-state index contributed by atoms with van der Waals surface area (Å²) in [7, 11) is -3.71. The van der Waals surface area contributed by atoms with Gasteiger partial charge in [-0.25, -0.2) is 13.1 Å². The maximum absolute atomic E-state index is 12.3. The lowest BCUT2D eigenvalue weighted by atomic mass is 10.2. The van der Waals surface area contributed by atoms with E-state index in [-0.39, 0.29) is 23.8 Å². The number of anilines is 1. The standard InChI is InChI=1S/C19H20N2O5S/c1-13(22)21-15-6-8-16(9-7-15)27(24,25)20-11-10-17(23)19-12-14-4-2-3-5-18(14)26-19/h2-9,12,17,20,23H,10-11H2,1H3,(H,21,22)/t17-/m1/s1. The van der Waals surface area contributed by atoms with E-state index in [4.69, 9.17) is 4.42 Å². The molecule has 0 aliphatic heterocycles. The summed E-state index contributed by atoms with van der Waals surface area (Å²) in [6.07, 6.45) is -0.745. The minimum Gasteiger partial charge on any atom is -0.458 e. The predicted molar refractivity (Wildman–Crippen MR) is 102 cm³/mol. The second-order valence-corrected chi connectivity index (χ2v) is 7.86. The summed E-state index contributed by atoms with van der Waals surface area (Å²) in [6, 6.07) is 15.0. The van der Waals surface area contributed by atoms with Gasteiger partial charge in [-0.15, -0.1) is 0 Å². The molecule has 0 aliphatic carbocycles. The first-order chi connectivity index (χ1) is 12.8. The van der Waals surface area contributed by atoms with E-state index in [9.17, 15) is 18.3 Å². The molecule has 0 fully saturated rings. The molecule has 8 heteroatoms. The normalized spacial score (nSPS) is 12.8. The van der Waals surface area contributed by atoms with Gasteiger partial charge in [0.25, 0.3) is 0 Å². The van der Waals surface area contributed by atoms with Crippen LogP contribution in [-0.2, 0) is 14.8 Å². The van der Waals surface area contributed by atoms with Crippen LogP contribution in [0.3, 0.4) is 0 Å². The van der Waals surface area contributed by atoms with Gasteiger partial charge in [0.2, 0.25) is 15.9 Å². The molecule has 3 N–H and O–H groups in total. The van der Waals surface area contributed by atoms with E-state index in [0.717, 1.165) is 5.39 Å². The number of carbonyl (C=O) groups is 1. The van der Waals surface area contributed by atoms with Gasteiger partial charge >= 0.3 is 0 Å². The average molecular weight is 388 g/mol. The van der Waals surface area contributed by atoms with Gasteiger partial charge < -0.3 is 14.8 Å². The summed E-state index contributed by atoms with van der Waals surface area (Å²) in [5.74, 6) is 0.165. The van der Waals surface area contributed by atoms with Crippen LogP contribution in [0.1, 0.15) is 25.2 Å². The van der Waals surface area contributed by atoms with Crippen molar-refractivity contribution in [2.75, 3.05) is 11.9 Å². The predicted octanol–water partition coefficient (Wildman–Crippen LogP) is 2.79. The third kappa shape index (κ3) is 4.73. The van der Waals surface area contributed by atoms with E-state index in [1.807, 2.05) is 18.2 Å². The van der Waals surface area contributed by atoms with Crippen molar-refractivity contribution in [3.8, 4) is 0 Å². The van der Waals surface area contributed by atoms with E-state index in [2.05, 4.69) is 10.0 Å². The summed E-state index contributed by atoms with van der Waals surface area (Å²) >= 11 is 0. The van der Waals surface area contributed by atoms with Crippen molar-refractivity contribution in [1.29, 1.82) is 0 Å². The van der Waals surface area contributed by atoms with Crippen LogP contribution in [0.2, 0.25) is 0 Å². The van der Waals surface area contributed by atoms with Gasteiger partial charge in [-0.2, -0.15) is 0 Å². The Morgan fingerprint density at radius 3 is 2.52 bits per heavy atom. The largest absolute Gasteiger partial charge is 0.458 e. The third-order valence-electron chi connectivity index (χ3n) is 3.97. The average Bonchev–Trinajstić information content (AvgIpc) is 3.06. The Hall–Kier alpha value is -2.68. The molecule has 0 radical (unpaired) electrons. The summed E-state index contributed by atoms with van der Waals surface area (Å²) in [4.78, 5) is 11.1. The monoisotopic (exact) mass is 388 g/mol. The van der Waals surface area contributed by atoms with Gasteiger partial charge in [0.15, 0.2) is 0 Å². The molecule has 1 atom stereocenters. The second-order valence-electron chi connectivity index (χ2n) is 6.09. The van der Waals surface area contributed by atoms with Gasteiger partial charge in [0, 0.05) is 24.5 Å². The molecule has 1 aromatic heterocycles. The number of amides is 1. The number of aliphatic hydroxyl groups is 1. The van der Waals surface area contributed by atoms with Crippen LogP contribution in [0.4, 0.5) is 5.69 Å². The first-order valence-corrected chi connectivity index (χ1v) is 9.87. The van der Waals surface area contributed by atoms with Crippen LogP contribution in [0, 0.1) is 0 Å². The first-order valence-electron chi connectivity index (χ1n) is 8.39. The first kappa shape index (κ1) is 19.1. The van der Waals surface area contributed by atoms with Crippen LogP contribution in [-0.4, -0.2) is 26.0 Å². The molecular weight excluding hydrogens is 368 g/mol. The molecule has 1 heterocycles. The Kier molecular flexibility index (Phi) is 5.59. The van der Waals surface area contributed by atoms with Gasteiger partial charge in [0.1, 0.15) is 17.4 Å². The molecule has 3 aromatic rings.